The van der Waals surface area contributed by atoms with Crippen LogP contribution in [-0.4, -0.2) is 38.3 Å². The first-order valence-corrected chi connectivity index (χ1v) is 10.5. The summed E-state index contributed by atoms with van der Waals surface area (Å²) in [6.45, 7) is 6.23. The van der Waals surface area contributed by atoms with Crippen LogP contribution in [0, 0.1) is 51.2 Å². The van der Waals surface area contributed by atoms with Gasteiger partial charge in [0.15, 0.2) is 16.9 Å². The molecule has 0 amide bonds. The molecule has 1 aromatic carbocycles. The third kappa shape index (κ3) is 3.72. The fourth-order valence-electron chi connectivity index (χ4n) is 4.37. The molecule has 160 valence electrons. The van der Waals surface area contributed by atoms with Gasteiger partial charge in [0.1, 0.15) is 0 Å². The van der Waals surface area contributed by atoms with E-state index in [-0.39, 0.29) is 11.6 Å². The van der Waals surface area contributed by atoms with Gasteiger partial charge < -0.3 is 20.1 Å². The van der Waals surface area contributed by atoms with Crippen molar-refractivity contribution in [3.63, 3.8) is 0 Å². The highest BCUT2D eigenvalue weighted by Crippen LogP contribution is 2.52. The highest BCUT2D eigenvalue weighted by Gasteiger charge is 2.54. The average molecular weight is 418 g/mol. The molecule has 2 aliphatic rings. The Morgan fingerprint density at radius 1 is 1.16 bits per heavy atom. The first-order valence-electron chi connectivity index (χ1n) is 10.5. The SMILES string of the molecule is CCCOc1ccc(C2=C(N)C(C#N)(C#N)C(C#N)C3CN(C)CC=C23)cc1OCC. The van der Waals surface area contributed by atoms with E-state index in [4.69, 9.17) is 15.2 Å². The molecule has 0 spiro atoms. The van der Waals surface area contributed by atoms with Gasteiger partial charge in [0.25, 0.3) is 0 Å². The molecule has 1 aliphatic heterocycles. The van der Waals surface area contributed by atoms with Gasteiger partial charge in [-0.15, -0.1) is 0 Å². The minimum atomic E-state index is -1.71. The number of ether oxygens (including phenoxy) is 2. The first kappa shape index (κ1) is 22.2. The summed E-state index contributed by atoms with van der Waals surface area (Å²) in [7, 11) is 1.95. The Kier molecular flexibility index (Phi) is 6.54. The zero-order valence-electron chi connectivity index (χ0n) is 18.2. The molecule has 7 nitrogen and oxygen atoms in total. The largest absolute Gasteiger partial charge is 0.490 e. The van der Waals surface area contributed by atoms with Crippen LogP contribution in [0.4, 0.5) is 0 Å². The maximum absolute atomic E-state index is 10.00. The fourth-order valence-corrected chi connectivity index (χ4v) is 4.37. The Morgan fingerprint density at radius 2 is 1.90 bits per heavy atom. The van der Waals surface area contributed by atoms with E-state index in [1.807, 2.05) is 45.2 Å². The van der Waals surface area contributed by atoms with E-state index in [1.165, 1.54) is 0 Å². The van der Waals surface area contributed by atoms with Crippen molar-refractivity contribution in [1.82, 2.24) is 4.90 Å². The molecule has 0 bridgehead atoms. The maximum Gasteiger partial charge on any atom is 0.199 e. The van der Waals surface area contributed by atoms with Crippen LogP contribution in [0.15, 0.2) is 35.5 Å². The van der Waals surface area contributed by atoms with Crippen LogP contribution in [-0.2, 0) is 0 Å². The molecule has 7 heteroatoms. The lowest BCUT2D eigenvalue weighted by Gasteiger charge is -2.43. The van der Waals surface area contributed by atoms with Gasteiger partial charge >= 0.3 is 0 Å². The molecule has 1 aliphatic carbocycles. The van der Waals surface area contributed by atoms with Crippen molar-refractivity contribution in [2.45, 2.75) is 20.3 Å². The lowest BCUT2D eigenvalue weighted by atomic mass is 9.59. The minimum absolute atomic E-state index is 0.126. The number of likely N-dealkylation sites (N-methyl/N-ethyl adjacent to an activating group) is 1. The lowest BCUT2D eigenvalue weighted by Crippen LogP contribution is -2.47. The summed E-state index contributed by atoms with van der Waals surface area (Å²) in [5.74, 6) is 0.0782. The van der Waals surface area contributed by atoms with Crippen LogP contribution < -0.4 is 15.2 Å². The first-order chi connectivity index (χ1) is 15.0. The Morgan fingerprint density at radius 3 is 2.52 bits per heavy atom. The number of fused-ring (bicyclic) bond motifs is 1. The third-order valence-electron chi connectivity index (χ3n) is 5.87. The van der Waals surface area contributed by atoms with E-state index in [0.29, 0.717) is 43.4 Å². The van der Waals surface area contributed by atoms with Crippen molar-refractivity contribution in [2.24, 2.45) is 23.0 Å². The smallest absolute Gasteiger partial charge is 0.199 e. The molecule has 2 N–H and O–H groups in total. The van der Waals surface area contributed by atoms with Crippen LogP contribution in [0.25, 0.3) is 5.57 Å². The van der Waals surface area contributed by atoms with Crippen LogP contribution in [0.2, 0.25) is 0 Å². The van der Waals surface area contributed by atoms with Crippen molar-refractivity contribution in [2.75, 3.05) is 33.4 Å². The number of nitriles is 3. The number of hydrogen-bond donors (Lipinski definition) is 1. The molecule has 0 saturated carbocycles. The van der Waals surface area contributed by atoms with Gasteiger partial charge in [0.2, 0.25) is 0 Å². The van der Waals surface area contributed by atoms with E-state index in [0.717, 1.165) is 17.6 Å². The third-order valence-corrected chi connectivity index (χ3v) is 5.87. The van der Waals surface area contributed by atoms with Crippen molar-refractivity contribution in [3.8, 4) is 29.7 Å². The van der Waals surface area contributed by atoms with Gasteiger partial charge in [-0.2, -0.15) is 15.8 Å². The zero-order valence-corrected chi connectivity index (χ0v) is 18.2. The molecule has 0 saturated heterocycles. The molecule has 0 radical (unpaired) electrons. The summed E-state index contributed by atoms with van der Waals surface area (Å²) in [5.41, 5.74) is 7.24. The van der Waals surface area contributed by atoms with Gasteiger partial charge in [-0.1, -0.05) is 19.1 Å². The molecule has 31 heavy (non-hydrogen) atoms. The van der Waals surface area contributed by atoms with Crippen LogP contribution in [0.5, 0.6) is 11.5 Å². The average Bonchev–Trinajstić information content (AvgIpc) is 2.78. The molecule has 0 fully saturated rings. The van der Waals surface area contributed by atoms with E-state index in [9.17, 15) is 15.8 Å². The fraction of sp³-hybridized carbons (Fsp3) is 0.458. The van der Waals surface area contributed by atoms with Crippen molar-refractivity contribution in [3.05, 3.63) is 41.1 Å². The normalized spacial score (nSPS) is 22.4. The van der Waals surface area contributed by atoms with Crippen molar-refractivity contribution >= 4 is 5.57 Å². The highest BCUT2D eigenvalue weighted by atomic mass is 16.5. The van der Waals surface area contributed by atoms with Crippen molar-refractivity contribution in [1.29, 1.82) is 15.8 Å². The molecule has 1 aromatic rings. The summed E-state index contributed by atoms with van der Waals surface area (Å²) >= 11 is 0. The summed E-state index contributed by atoms with van der Waals surface area (Å²) in [4.78, 5) is 2.07. The molecule has 2 unspecified atom stereocenters. The number of nitrogens with two attached hydrogens (primary N) is 1. The van der Waals surface area contributed by atoms with E-state index in [1.54, 1.807) is 0 Å². The second kappa shape index (κ2) is 9.13. The topological polar surface area (TPSA) is 119 Å². The summed E-state index contributed by atoms with van der Waals surface area (Å²) in [6.07, 6.45) is 2.91. The summed E-state index contributed by atoms with van der Waals surface area (Å²) in [5, 5.41) is 29.9. The second-order valence-corrected chi connectivity index (χ2v) is 7.86. The number of benzene rings is 1. The molecular formula is C24H27N5O2. The quantitative estimate of drug-likeness (QED) is 0.754. The molecule has 3 rings (SSSR count). The number of nitrogens with zero attached hydrogens (tertiary/aromatic N) is 4. The molecular weight excluding hydrogens is 390 g/mol. The van der Waals surface area contributed by atoms with Gasteiger partial charge in [-0.3, -0.25) is 0 Å². The summed E-state index contributed by atoms with van der Waals surface area (Å²) < 4.78 is 11.6. The van der Waals surface area contributed by atoms with E-state index in [2.05, 4.69) is 23.1 Å². The Labute approximate surface area is 183 Å². The Balaban J connectivity index is 2.25. The van der Waals surface area contributed by atoms with Crippen LogP contribution in [0.3, 0.4) is 0 Å². The molecule has 1 heterocycles. The Bertz CT molecular complexity index is 1020. The van der Waals surface area contributed by atoms with Gasteiger partial charge in [-0.25, -0.2) is 0 Å². The second-order valence-electron chi connectivity index (χ2n) is 7.86. The van der Waals surface area contributed by atoms with Crippen LogP contribution >= 0.6 is 0 Å². The predicted octanol–water partition coefficient (Wildman–Crippen LogP) is 3.22. The number of rotatable bonds is 6. The predicted molar refractivity (Wildman–Crippen MR) is 116 cm³/mol. The van der Waals surface area contributed by atoms with E-state index < -0.39 is 11.3 Å². The summed E-state index contributed by atoms with van der Waals surface area (Å²) in [6, 6.07) is 11.9. The van der Waals surface area contributed by atoms with Gasteiger partial charge in [0.05, 0.1) is 43.0 Å². The Hall–Kier alpha value is -3.47. The molecule has 0 aromatic heterocycles. The van der Waals surface area contributed by atoms with Gasteiger partial charge in [0, 0.05) is 24.6 Å². The van der Waals surface area contributed by atoms with Gasteiger partial charge in [-0.05, 0) is 43.7 Å². The molecule has 2 atom stereocenters. The lowest BCUT2D eigenvalue weighted by molar-refractivity contribution is 0.230. The number of allylic oxidation sites excluding steroid dienone is 2. The van der Waals surface area contributed by atoms with E-state index >= 15 is 0 Å². The minimum Gasteiger partial charge on any atom is -0.490 e. The zero-order chi connectivity index (χ0) is 22.6. The monoisotopic (exact) mass is 417 g/mol. The van der Waals surface area contributed by atoms with Crippen molar-refractivity contribution < 1.29 is 9.47 Å². The highest BCUT2D eigenvalue weighted by molar-refractivity contribution is 5.86. The maximum atomic E-state index is 10.00. The van der Waals surface area contributed by atoms with Crippen LogP contribution in [0.1, 0.15) is 25.8 Å². The number of hydrogen-bond acceptors (Lipinski definition) is 7. The standard InChI is InChI=1S/C24H27N5O2/c1-4-10-31-20-7-6-16(11-21(20)30-5-2)22-17-8-9-29(3)13-18(17)19(12-25)24(14-26,15-27)23(22)28/h6-8,11,18-19H,4-5,9-10,13,28H2,1-3H3.